The van der Waals surface area contributed by atoms with E-state index in [1.807, 2.05) is 6.92 Å². The zero-order chi connectivity index (χ0) is 10.6. The van der Waals surface area contributed by atoms with Gasteiger partial charge in [-0.3, -0.25) is 0 Å². The highest BCUT2D eigenvalue weighted by molar-refractivity contribution is 5.22. The number of hydrogen-bond acceptors (Lipinski definition) is 1. The fraction of sp³-hybridized carbons (Fsp3) is 0.455. The molecule has 0 saturated heterocycles. The molecule has 0 aliphatic rings. The van der Waals surface area contributed by atoms with Crippen molar-refractivity contribution in [2.24, 2.45) is 0 Å². The van der Waals surface area contributed by atoms with E-state index >= 15 is 0 Å². The summed E-state index contributed by atoms with van der Waals surface area (Å²) in [5, 5.41) is 0. The summed E-state index contributed by atoms with van der Waals surface area (Å²) in [6.07, 6.45) is 0.691. The van der Waals surface area contributed by atoms with Gasteiger partial charge >= 0.3 is 0 Å². The Labute approximate surface area is 82.7 Å². The monoisotopic (exact) mass is 200 g/mol. The van der Waals surface area contributed by atoms with Crippen LogP contribution in [0.5, 0.6) is 0 Å². The fourth-order valence-electron chi connectivity index (χ4n) is 1.35. The van der Waals surface area contributed by atoms with E-state index in [9.17, 15) is 8.78 Å². The van der Waals surface area contributed by atoms with Gasteiger partial charge in [0.25, 0.3) is 0 Å². The van der Waals surface area contributed by atoms with E-state index in [1.165, 1.54) is 6.07 Å². The molecule has 14 heavy (non-hydrogen) atoms. The molecule has 0 saturated carbocycles. The van der Waals surface area contributed by atoms with Crippen LogP contribution < -0.4 is 0 Å². The van der Waals surface area contributed by atoms with Gasteiger partial charge in [0, 0.05) is 13.7 Å². The molecule has 0 N–H and O–H groups in total. The lowest BCUT2D eigenvalue weighted by Gasteiger charge is -2.12. The molecule has 0 radical (unpaired) electrons. The van der Waals surface area contributed by atoms with Crippen molar-refractivity contribution < 1.29 is 13.5 Å². The van der Waals surface area contributed by atoms with Gasteiger partial charge in [0.1, 0.15) is 0 Å². The van der Waals surface area contributed by atoms with Crippen molar-refractivity contribution in [3.05, 3.63) is 35.4 Å². The molecule has 3 heteroatoms. The smallest absolute Gasteiger partial charge is 0.162 e. The number of rotatable bonds is 4. The molecule has 0 aromatic heterocycles. The lowest BCUT2D eigenvalue weighted by Crippen LogP contribution is -2.02. The maximum absolute atomic E-state index is 13.3. The largest absolute Gasteiger partial charge is 0.385 e. The first kappa shape index (κ1) is 11.1. The van der Waals surface area contributed by atoms with Crippen LogP contribution in [0.3, 0.4) is 0 Å². The number of hydrogen-bond donors (Lipinski definition) is 0. The topological polar surface area (TPSA) is 9.23 Å². The molecule has 0 spiro atoms. The van der Waals surface area contributed by atoms with Crippen molar-refractivity contribution in [1.82, 2.24) is 0 Å². The Morgan fingerprint density at radius 3 is 2.71 bits per heavy atom. The normalized spacial score (nSPS) is 12.9. The Kier molecular flexibility index (Phi) is 4.01. The average Bonchev–Trinajstić information content (AvgIpc) is 2.18. The summed E-state index contributed by atoms with van der Waals surface area (Å²) < 4.78 is 31.0. The Morgan fingerprint density at radius 1 is 1.36 bits per heavy atom. The fourth-order valence-corrected chi connectivity index (χ4v) is 1.35. The Bertz CT molecular complexity index is 299. The highest BCUT2D eigenvalue weighted by Crippen LogP contribution is 2.23. The molecule has 0 heterocycles. The second-order valence-electron chi connectivity index (χ2n) is 3.33. The lowest BCUT2D eigenvalue weighted by molar-refractivity contribution is 0.189. The van der Waals surface area contributed by atoms with Gasteiger partial charge in [-0.2, -0.15) is 0 Å². The second kappa shape index (κ2) is 5.05. The van der Waals surface area contributed by atoms with E-state index in [2.05, 4.69) is 0 Å². The van der Waals surface area contributed by atoms with E-state index < -0.39 is 11.6 Å². The summed E-state index contributed by atoms with van der Waals surface area (Å²) >= 11 is 0. The third-order valence-electron chi connectivity index (χ3n) is 2.27. The van der Waals surface area contributed by atoms with E-state index in [4.69, 9.17) is 4.74 Å². The molecule has 1 atom stereocenters. The average molecular weight is 200 g/mol. The third-order valence-corrected chi connectivity index (χ3v) is 2.27. The minimum absolute atomic E-state index is 0.0225. The van der Waals surface area contributed by atoms with Crippen LogP contribution in [-0.2, 0) is 4.74 Å². The summed E-state index contributed by atoms with van der Waals surface area (Å²) in [5.41, 5.74) is 0.419. The van der Waals surface area contributed by atoms with E-state index in [0.717, 1.165) is 6.07 Å². The SMILES string of the molecule is COCCC(C)c1cccc(F)c1F. The molecule has 1 aromatic rings. The predicted molar refractivity (Wildman–Crippen MR) is 51.3 cm³/mol. The first-order chi connectivity index (χ1) is 6.66. The van der Waals surface area contributed by atoms with Gasteiger partial charge < -0.3 is 4.74 Å². The Hall–Kier alpha value is -0.960. The summed E-state index contributed by atoms with van der Waals surface area (Å²) in [4.78, 5) is 0. The maximum Gasteiger partial charge on any atom is 0.162 e. The van der Waals surface area contributed by atoms with Crippen LogP contribution in [0.2, 0.25) is 0 Å². The standard InChI is InChI=1S/C11H14F2O/c1-8(6-7-14-2)9-4-3-5-10(12)11(9)13/h3-5,8H,6-7H2,1-2H3. The molecule has 78 valence electrons. The van der Waals surface area contributed by atoms with Crippen molar-refractivity contribution in [2.45, 2.75) is 19.3 Å². The van der Waals surface area contributed by atoms with Crippen molar-refractivity contribution in [2.75, 3.05) is 13.7 Å². The van der Waals surface area contributed by atoms with Crippen molar-refractivity contribution in [3.8, 4) is 0 Å². The molecule has 0 fully saturated rings. The summed E-state index contributed by atoms with van der Waals surface area (Å²) in [7, 11) is 1.59. The van der Waals surface area contributed by atoms with Crippen LogP contribution in [0.25, 0.3) is 0 Å². The minimum atomic E-state index is -0.785. The van der Waals surface area contributed by atoms with Crippen LogP contribution >= 0.6 is 0 Å². The second-order valence-corrected chi connectivity index (χ2v) is 3.33. The molecular weight excluding hydrogens is 186 g/mol. The molecule has 0 amide bonds. The van der Waals surface area contributed by atoms with Gasteiger partial charge in [0.2, 0.25) is 0 Å². The van der Waals surface area contributed by atoms with Gasteiger partial charge in [-0.1, -0.05) is 19.1 Å². The van der Waals surface area contributed by atoms with Crippen LogP contribution in [0.15, 0.2) is 18.2 Å². The molecule has 0 aliphatic heterocycles. The van der Waals surface area contributed by atoms with Gasteiger partial charge in [-0.25, -0.2) is 8.78 Å². The van der Waals surface area contributed by atoms with E-state index in [-0.39, 0.29) is 5.92 Å². The first-order valence-electron chi connectivity index (χ1n) is 4.59. The van der Waals surface area contributed by atoms with E-state index in [0.29, 0.717) is 18.6 Å². The van der Waals surface area contributed by atoms with Crippen molar-refractivity contribution in [3.63, 3.8) is 0 Å². The summed E-state index contributed by atoms with van der Waals surface area (Å²) in [5.74, 6) is -1.55. The number of ether oxygens (including phenoxy) is 1. The summed E-state index contributed by atoms with van der Waals surface area (Å²) in [6, 6.07) is 4.26. The highest BCUT2D eigenvalue weighted by atomic mass is 19.2. The van der Waals surface area contributed by atoms with Crippen LogP contribution in [0.4, 0.5) is 8.78 Å². The van der Waals surface area contributed by atoms with Crippen molar-refractivity contribution in [1.29, 1.82) is 0 Å². The zero-order valence-corrected chi connectivity index (χ0v) is 8.39. The molecule has 1 unspecified atom stereocenters. The van der Waals surface area contributed by atoms with Crippen LogP contribution in [-0.4, -0.2) is 13.7 Å². The molecule has 1 rings (SSSR count). The van der Waals surface area contributed by atoms with Gasteiger partial charge in [-0.05, 0) is 24.0 Å². The molecular formula is C11H14F2O. The van der Waals surface area contributed by atoms with Gasteiger partial charge in [-0.15, -0.1) is 0 Å². The number of halogens is 2. The quantitative estimate of drug-likeness (QED) is 0.725. The molecule has 0 bridgehead atoms. The van der Waals surface area contributed by atoms with Gasteiger partial charge in [0.15, 0.2) is 11.6 Å². The van der Waals surface area contributed by atoms with E-state index in [1.54, 1.807) is 13.2 Å². The molecule has 1 nitrogen and oxygen atoms in total. The first-order valence-corrected chi connectivity index (χ1v) is 4.59. The number of benzene rings is 1. The molecule has 1 aromatic carbocycles. The van der Waals surface area contributed by atoms with Crippen molar-refractivity contribution >= 4 is 0 Å². The molecule has 0 aliphatic carbocycles. The lowest BCUT2D eigenvalue weighted by atomic mass is 9.97. The van der Waals surface area contributed by atoms with Crippen LogP contribution in [0.1, 0.15) is 24.8 Å². The highest BCUT2D eigenvalue weighted by Gasteiger charge is 2.13. The number of methoxy groups -OCH3 is 1. The van der Waals surface area contributed by atoms with Crippen LogP contribution in [0, 0.1) is 11.6 Å². The summed E-state index contributed by atoms with van der Waals surface area (Å²) in [6.45, 7) is 2.41. The Morgan fingerprint density at radius 2 is 2.07 bits per heavy atom. The maximum atomic E-state index is 13.3. The Balaban J connectivity index is 2.79. The zero-order valence-electron chi connectivity index (χ0n) is 8.39. The predicted octanol–water partition coefficient (Wildman–Crippen LogP) is 3.10. The van der Waals surface area contributed by atoms with Gasteiger partial charge in [0.05, 0.1) is 0 Å². The minimum Gasteiger partial charge on any atom is -0.385 e. The third kappa shape index (κ3) is 2.51.